The van der Waals surface area contributed by atoms with Crippen LogP contribution in [0.15, 0.2) is 40.2 Å². The molecule has 0 aliphatic rings. The molecule has 0 saturated heterocycles. The van der Waals surface area contributed by atoms with Crippen molar-refractivity contribution in [3.05, 3.63) is 57.2 Å². The van der Waals surface area contributed by atoms with Gasteiger partial charge in [-0.1, -0.05) is 17.7 Å². The minimum atomic E-state index is -4.98. The Hall–Kier alpha value is -1.98. The van der Waals surface area contributed by atoms with E-state index in [-0.39, 0.29) is 9.33 Å². The van der Waals surface area contributed by atoms with Gasteiger partial charge in [0.1, 0.15) is 21.8 Å². The van der Waals surface area contributed by atoms with Crippen molar-refractivity contribution >= 4 is 21.5 Å². The molecule has 2 rings (SSSR count). The smallest absolute Gasteiger partial charge is 0.268 e. The molecular weight excluding hydrogens is 400 g/mol. The van der Waals surface area contributed by atoms with Gasteiger partial charge < -0.3 is 0 Å². The molecule has 142 valence electrons. The van der Waals surface area contributed by atoms with E-state index in [1.807, 2.05) is 0 Å². The first-order valence-electron chi connectivity index (χ1n) is 6.92. The maximum atomic E-state index is 13.6. The van der Waals surface area contributed by atoms with Crippen molar-refractivity contribution in [2.45, 2.75) is 17.1 Å². The van der Waals surface area contributed by atoms with Crippen LogP contribution in [-0.4, -0.2) is 31.5 Å². The monoisotopic (exact) mass is 412 g/mol. The van der Waals surface area contributed by atoms with E-state index in [0.29, 0.717) is 6.07 Å². The largest absolute Gasteiger partial charge is 0.409 e. The van der Waals surface area contributed by atoms with E-state index >= 15 is 0 Å². The maximum Gasteiger partial charge on any atom is 0.409 e. The van der Waals surface area contributed by atoms with Crippen LogP contribution < -0.4 is 5.56 Å². The Kier molecular flexibility index (Phi) is 5.45. The molecule has 0 aliphatic heterocycles. The fourth-order valence-corrected chi connectivity index (χ4v) is 3.65. The van der Waals surface area contributed by atoms with E-state index in [4.69, 9.17) is 16.4 Å². The molecule has 0 spiro atoms. The molecule has 2 atom stereocenters. The average molecular weight is 413 g/mol. The number of hydrogen-bond acceptors (Lipinski definition) is 4. The highest BCUT2D eigenvalue weighted by molar-refractivity contribution is 7.90. The summed E-state index contributed by atoms with van der Waals surface area (Å²) in [6.07, 6.45) is -4.10. The number of halogens is 5. The Balaban J connectivity index is 2.59. The lowest BCUT2D eigenvalue weighted by Gasteiger charge is -2.31. The van der Waals surface area contributed by atoms with Crippen LogP contribution in [0.5, 0.6) is 0 Å². The summed E-state index contributed by atoms with van der Waals surface area (Å²) in [6, 6.07) is 0.634. The van der Waals surface area contributed by atoms with Crippen molar-refractivity contribution in [2.24, 2.45) is 7.05 Å². The fourth-order valence-electron chi connectivity index (χ4n) is 2.21. The summed E-state index contributed by atoms with van der Waals surface area (Å²) in [7, 11) is -2.16. The highest BCUT2D eigenvalue weighted by Crippen LogP contribution is 2.40. The van der Waals surface area contributed by atoms with Crippen molar-refractivity contribution in [1.82, 2.24) is 14.1 Å². The van der Waals surface area contributed by atoms with Gasteiger partial charge in [-0.15, -0.1) is 0 Å². The zero-order chi connectivity index (χ0) is 19.9. The quantitative estimate of drug-likeness (QED) is 0.783. The second-order valence-electron chi connectivity index (χ2n) is 5.34. The molecule has 0 amide bonds. The molecule has 1 aromatic heterocycles. The number of nitrogens with one attached hydrogen (secondary N) is 1. The Morgan fingerprint density at radius 3 is 2.46 bits per heavy atom. The summed E-state index contributed by atoms with van der Waals surface area (Å²) >= 11 is 5.49. The molecule has 2 unspecified atom stereocenters. The Morgan fingerprint density at radius 1 is 1.35 bits per heavy atom. The topological polar surface area (TPSA) is 79.1 Å². The lowest BCUT2D eigenvalue weighted by atomic mass is 10.1. The second kappa shape index (κ2) is 6.97. The van der Waals surface area contributed by atoms with E-state index < -0.39 is 44.0 Å². The lowest BCUT2D eigenvalue weighted by Crippen LogP contribution is -2.39. The van der Waals surface area contributed by atoms with Crippen LogP contribution in [0.4, 0.5) is 17.6 Å². The highest BCUT2D eigenvalue weighted by atomic mass is 35.5. The van der Waals surface area contributed by atoms with Crippen LogP contribution in [0.2, 0.25) is 5.02 Å². The van der Waals surface area contributed by atoms with Gasteiger partial charge >= 0.3 is 6.18 Å². The summed E-state index contributed by atoms with van der Waals surface area (Å²) in [5, 5.41) is 3.19. The zero-order valence-electron chi connectivity index (χ0n) is 13.4. The van der Waals surface area contributed by atoms with Gasteiger partial charge in [0.2, 0.25) is 0 Å². The van der Waals surface area contributed by atoms with Gasteiger partial charge in [0, 0.05) is 20.2 Å². The Morgan fingerprint density at radius 2 is 1.96 bits per heavy atom. The van der Waals surface area contributed by atoms with Crippen LogP contribution in [0, 0.1) is 10.6 Å². The van der Waals surface area contributed by atoms with Gasteiger partial charge in [-0.25, -0.2) is 22.4 Å². The van der Waals surface area contributed by atoms with E-state index in [1.165, 1.54) is 7.05 Å². The molecule has 1 heterocycles. The van der Waals surface area contributed by atoms with Crippen LogP contribution in [0.25, 0.3) is 0 Å². The van der Waals surface area contributed by atoms with Crippen molar-refractivity contribution < 1.29 is 21.8 Å². The van der Waals surface area contributed by atoms with Crippen LogP contribution in [0.3, 0.4) is 0 Å². The number of aromatic nitrogens is 2. The highest BCUT2D eigenvalue weighted by Gasteiger charge is 2.47. The molecule has 0 fully saturated rings. The number of nitrogens with zero attached hydrogens (tertiary/aromatic N) is 3. The minimum absolute atomic E-state index is 0.228. The van der Waals surface area contributed by atoms with E-state index in [9.17, 15) is 26.6 Å². The second-order valence-corrected chi connectivity index (χ2v) is 7.85. The van der Waals surface area contributed by atoms with Gasteiger partial charge in [0.25, 0.3) is 5.56 Å². The van der Waals surface area contributed by atoms with Gasteiger partial charge in [-0.2, -0.15) is 18.3 Å². The zero-order valence-corrected chi connectivity index (χ0v) is 15.0. The van der Waals surface area contributed by atoms with Crippen LogP contribution in [-0.2, 0) is 17.0 Å². The molecule has 1 N–H and O–H groups in total. The molecule has 0 saturated carbocycles. The van der Waals surface area contributed by atoms with Crippen LogP contribution in [0.1, 0.15) is 11.6 Å². The minimum Gasteiger partial charge on any atom is -0.268 e. The lowest BCUT2D eigenvalue weighted by molar-refractivity contribution is -0.170. The predicted molar refractivity (Wildman–Crippen MR) is 86.6 cm³/mol. The summed E-state index contributed by atoms with van der Waals surface area (Å²) in [6.45, 7) is 0. The van der Waals surface area contributed by atoms with Crippen molar-refractivity contribution in [1.29, 1.82) is 4.78 Å². The number of hydrogen-bond donors (Lipinski definition) is 1. The predicted octanol–water partition coefficient (Wildman–Crippen LogP) is 3.13. The SMILES string of the molecule is CN(C(c1ccc(Cl)c(F)c1)C(F)(F)F)S(=N)(=O)c1cnn(C)c(=O)c1. The summed E-state index contributed by atoms with van der Waals surface area (Å²) < 4.78 is 76.2. The first kappa shape index (κ1) is 20.3. The normalized spacial score (nSPS) is 15.7. The van der Waals surface area contributed by atoms with Crippen molar-refractivity contribution in [3.8, 4) is 0 Å². The molecule has 12 heteroatoms. The molecule has 0 radical (unpaired) electrons. The Labute approximate surface area is 151 Å². The first-order valence-corrected chi connectivity index (χ1v) is 8.82. The van der Waals surface area contributed by atoms with Gasteiger partial charge in [0.05, 0.1) is 16.1 Å². The first-order chi connectivity index (χ1) is 11.9. The average Bonchev–Trinajstić information content (AvgIpc) is 2.52. The number of aryl methyl sites for hydroxylation is 1. The van der Waals surface area contributed by atoms with Crippen molar-refractivity contribution in [3.63, 3.8) is 0 Å². The molecule has 26 heavy (non-hydrogen) atoms. The van der Waals surface area contributed by atoms with E-state index in [0.717, 1.165) is 36.1 Å². The fraction of sp³-hybridized carbons (Fsp3) is 0.286. The van der Waals surface area contributed by atoms with E-state index in [1.54, 1.807) is 0 Å². The summed E-state index contributed by atoms with van der Waals surface area (Å²) in [5.41, 5.74) is -1.32. The maximum absolute atomic E-state index is 13.6. The standard InChI is InChI=1S/C14H13ClF4N4O2S/c1-22-12(24)6-9(7-21-22)26(20,25)23(2)13(14(17,18)19)8-3-4-10(15)11(16)5-8/h3-7,13,20H,1-2H3. The summed E-state index contributed by atoms with van der Waals surface area (Å²) in [5.74, 6) is -1.08. The van der Waals surface area contributed by atoms with Gasteiger partial charge in [0.15, 0.2) is 0 Å². The molecular formula is C14H13ClF4N4O2S. The van der Waals surface area contributed by atoms with E-state index in [2.05, 4.69) is 5.10 Å². The molecule has 1 aromatic carbocycles. The Bertz CT molecular complexity index is 991. The van der Waals surface area contributed by atoms with Gasteiger partial charge in [-0.05, 0) is 17.7 Å². The third kappa shape index (κ3) is 3.89. The molecule has 0 aliphatic carbocycles. The molecule has 0 bridgehead atoms. The number of rotatable bonds is 4. The number of benzene rings is 1. The number of alkyl halides is 3. The molecule has 2 aromatic rings. The van der Waals surface area contributed by atoms with Gasteiger partial charge in [-0.3, -0.25) is 4.79 Å². The van der Waals surface area contributed by atoms with Crippen LogP contribution >= 0.6 is 11.6 Å². The summed E-state index contributed by atoms with van der Waals surface area (Å²) in [4.78, 5) is 11.1. The van der Waals surface area contributed by atoms with Crippen molar-refractivity contribution in [2.75, 3.05) is 7.05 Å². The third-order valence-corrected chi connectivity index (χ3v) is 5.79. The molecule has 6 nitrogen and oxygen atoms in total. The third-order valence-electron chi connectivity index (χ3n) is 3.60.